The first-order chi connectivity index (χ1) is 8.20. The molecule has 0 aliphatic heterocycles. The number of rotatable bonds is 1. The molecule has 0 aromatic heterocycles. The van der Waals surface area contributed by atoms with Gasteiger partial charge in [-0.1, -0.05) is 25.7 Å². The molecule has 4 unspecified atom stereocenters. The van der Waals surface area contributed by atoms with E-state index in [0.717, 1.165) is 25.7 Å². The van der Waals surface area contributed by atoms with E-state index in [0.29, 0.717) is 11.8 Å². The van der Waals surface area contributed by atoms with Crippen LogP contribution in [0.2, 0.25) is 0 Å². The van der Waals surface area contributed by atoms with Gasteiger partial charge in [0.1, 0.15) is 0 Å². The van der Waals surface area contributed by atoms with Gasteiger partial charge in [-0.15, -0.1) is 0 Å². The fraction of sp³-hybridized carbons (Fsp3) is 1.00. The Morgan fingerprint density at radius 2 is 1.00 bits per heavy atom. The third-order valence-corrected chi connectivity index (χ3v) is 4.11. The third kappa shape index (κ3) is 5.38. The second kappa shape index (κ2) is 9.17. The monoisotopic (exact) mass is 316 g/mol. The molecule has 2 rings (SSSR count). The summed E-state index contributed by atoms with van der Waals surface area (Å²) in [7, 11) is 9.78. The molecule has 0 aromatic carbocycles. The average Bonchev–Trinajstić information content (AvgIpc) is 2.32. The van der Waals surface area contributed by atoms with E-state index in [9.17, 15) is 10.2 Å². The zero-order chi connectivity index (χ0) is 12.7. The van der Waals surface area contributed by atoms with Crippen LogP contribution in [0.1, 0.15) is 51.4 Å². The van der Waals surface area contributed by atoms with Crippen LogP contribution in [0, 0.1) is 11.8 Å². The molecule has 0 amide bonds. The first-order valence-corrected chi connectivity index (χ1v) is 10.8. The Labute approximate surface area is 121 Å². The molecule has 0 bridgehead atoms. The molecule has 0 aromatic rings. The maximum atomic E-state index is 9.93. The van der Waals surface area contributed by atoms with Crippen LogP contribution in [0.15, 0.2) is 0 Å². The number of aliphatic hydroxyl groups is 2. The van der Waals surface area contributed by atoms with Gasteiger partial charge in [-0.2, -0.15) is 0 Å². The van der Waals surface area contributed by atoms with Crippen molar-refractivity contribution in [2.75, 3.05) is 0 Å². The Hall–Kier alpha value is 1.21. The van der Waals surface area contributed by atoms with E-state index < -0.39 is 17.0 Å². The van der Waals surface area contributed by atoms with Crippen LogP contribution in [0.3, 0.4) is 0 Å². The van der Waals surface area contributed by atoms with E-state index in [4.69, 9.17) is 18.6 Å². The number of aliphatic hydroxyl groups excluding tert-OH is 2. The minimum absolute atomic E-state index is 0.138. The predicted molar refractivity (Wildman–Crippen MR) is 67.6 cm³/mol. The second-order valence-electron chi connectivity index (χ2n) is 5.10. The van der Waals surface area contributed by atoms with Crippen LogP contribution in [0.25, 0.3) is 0 Å². The van der Waals surface area contributed by atoms with Gasteiger partial charge in [0.05, 0.1) is 12.2 Å². The van der Waals surface area contributed by atoms with Crippen molar-refractivity contribution in [3.63, 3.8) is 0 Å². The number of hydrogen-bond acceptors (Lipinski definition) is 2. The van der Waals surface area contributed by atoms with Crippen LogP contribution >= 0.6 is 18.6 Å². The Kier molecular flexibility index (Phi) is 8.78. The molecule has 0 spiro atoms. The van der Waals surface area contributed by atoms with Gasteiger partial charge in [-0.05, 0) is 37.5 Å². The van der Waals surface area contributed by atoms with Gasteiger partial charge >= 0.3 is 35.6 Å². The topological polar surface area (TPSA) is 40.5 Å². The fourth-order valence-electron chi connectivity index (χ4n) is 3.28. The van der Waals surface area contributed by atoms with Gasteiger partial charge in [0, 0.05) is 0 Å². The standard InChI is InChI=1S/C12H22O2.2ClH.Ti/c13-11-7-3-1-5-9(11)10-6-2-4-8-12(10)14;;;/h9-14H,1-8H2;2*1H;/q;;;+2/p-2. The summed E-state index contributed by atoms with van der Waals surface area (Å²) in [4.78, 5) is 0. The van der Waals surface area contributed by atoms with E-state index in [1.165, 1.54) is 25.7 Å². The molecule has 2 aliphatic carbocycles. The van der Waals surface area contributed by atoms with E-state index in [-0.39, 0.29) is 12.2 Å². The minimum atomic E-state index is -0.556. The van der Waals surface area contributed by atoms with Crippen molar-refractivity contribution >= 4 is 18.6 Å². The molecular weight excluding hydrogens is 295 g/mol. The van der Waals surface area contributed by atoms with Crippen molar-refractivity contribution in [3.8, 4) is 0 Å². The summed E-state index contributed by atoms with van der Waals surface area (Å²) in [6.07, 6.45) is 8.70. The molecule has 2 fully saturated rings. The summed E-state index contributed by atoms with van der Waals surface area (Å²) >= 11 is -0.556. The van der Waals surface area contributed by atoms with Crippen molar-refractivity contribution in [2.45, 2.75) is 63.6 Å². The fourth-order valence-corrected chi connectivity index (χ4v) is 3.28. The van der Waals surface area contributed by atoms with E-state index in [1.54, 1.807) is 0 Å². The van der Waals surface area contributed by atoms with Crippen LogP contribution in [-0.4, -0.2) is 22.4 Å². The van der Waals surface area contributed by atoms with E-state index in [1.807, 2.05) is 0 Å². The van der Waals surface area contributed by atoms with Gasteiger partial charge in [0.25, 0.3) is 0 Å². The van der Waals surface area contributed by atoms with Crippen molar-refractivity contribution in [2.24, 2.45) is 11.8 Å². The molecule has 2 nitrogen and oxygen atoms in total. The molecule has 0 saturated heterocycles. The zero-order valence-corrected chi connectivity index (χ0v) is 13.2. The van der Waals surface area contributed by atoms with Crippen LogP contribution < -0.4 is 0 Å². The van der Waals surface area contributed by atoms with Crippen LogP contribution in [0.4, 0.5) is 0 Å². The molecule has 2 N–H and O–H groups in total. The maximum absolute atomic E-state index is 9.93. The molecule has 17 heavy (non-hydrogen) atoms. The molecule has 0 radical (unpaired) electrons. The first kappa shape index (κ1) is 16.3. The molecule has 4 atom stereocenters. The summed E-state index contributed by atoms with van der Waals surface area (Å²) in [5.74, 6) is 0.776. The zero-order valence-electron chi connectivity index (χ0n) is 10.1. The number of halogens is 2. The Morgan fingerprint density at radius 3 is 1.29 bits per heavy atom. The predicted octanol–water partition coefficient (Wildman–Crippen LogP) is 3.47. The SMILES string of the molecule is OC1CCCCC1C1CCCCC1O.[Cl][Ti][Cl]. The second-order valence-corrected chi connectivity index (χ2v) is 7.68. The molecule has 100 valence electrons. The van der Waals surface area contributed by atoms with Crippen LogP contribution in [0.5, 0.6) is 0 Å². The van der Waals surface area contributed by atoms with Crippen molar-refractivity contribution in [1.29, 1.82) is 0 Å². The Bertz CT molecular complexity index is 187. The van der Waals surface area contributed by atoms with Gasteiger partial charge in [0.15, 0.2) is 0 Å². The van der Waals surface area contributed by atoms with Gasteiger partial charge in [0.2, 0.25) is 0 Å². The van der Waals surface area contributed by atoms with Gasteiger partial charge in [-0.3, -0.25) is 0 Å². The van der Waals surface area contributed by atoms with Crippen molar-refractivity contribution in [1.82, 2.24) is 0 Å². The molecule has 5 heteroatoms. The number of hydrogen-bond donors (Lipinski definition) is 2. The van der Waals surface area contributed by atoms with Crippen molar-refractivity contribution < 1.29 is 27.2 Å². The molecular formula is C12H22Cl2O2Ti. The summed E-state index contributed by atoms with van der Waals surface area (Å²) < 4.78 is 0. The summed E-state index contributed by atoms with van der Waals surface area (Å²) in [6, 6.07) is 0. The molecule has 2 saturated carbocycles. The Balaban J connectivity index is 0.000000437. The average molecular weight is 317 g/mol. The van der Waals surface area contributed by atoms with Crippen molar-refractivity contribution in [3.05, 3.63) is 0 Å². The first-order valence-electron chi connectivity index (χ1n) is 6.53. The Morgan fingerprint density at radius 1 is 0.706 bits per heavy atom. The summed E-state index contributed by atoms with van der Waals surface area (Å²) in [6.45, 7) is 0. The normalized spacial score (nSPS) is 37.9. The molecule has 0 heterocycles. The summed E-state index contributed by atoms with van der Waals surface area (Å²) in [5.41, 5.74) is 0. The summed E-state index contributed by atoms with van der Waals surface area (Å²) in [5, 5.41) is 19.9. The van der Waals surface area contributed by atoms with E-state index >= 15 is 0 Å². The van der Waals surface area contributed by atoms with Gasteiger partial charge < -0.3 is 10.2 Å². The third-order valence-electron chi connectivity index (χ3n) is 4.11. The van der Waals surface area contributed by atoms with E-state index in [2.05, 4.69) is 0 Å². The van der Waals surface area contributed by atoms with Gasteiger partial charge in [-0.25, -0.2) is 0 Å². The molecule has 2 aliphatic rings. The van der Waals surface area contributed by atoms with Crippen LogP contribution in [-0.2, 0) is 17.0 Å². The quantitative estimate of drug-likeness (QED) is 0.727.